The van der Waals surface area contributed by atoms with E-state index in [1.54, 1.807) is 4.90 Å². The van der Waals surface area contributed by atoms with Crippen LogP contribution in [0.15, 0.2) is 0 Å². The molecule has 1 fully saturated rings. The van der Waals surface area contributed by atoms with Crippen molar-refractivity contribution in [3.05, 3.63) is 0 Å². The highest BCUT2D eigenvalue weighted by atomic mass is 16.4. The number of rotatable bonds is 5. The molecule has 13 heavy (non-hydrogen) atoms. The first-order valence-corrected chi connectivity index (χ1v) is 4.40. The van der Waals surface area contributed by atoms with Gasteiger partial charge in [-0.2, -0.15) is 0 Å². The van der Waals surface area contributed by atoms with Crippen molar-refractivity contribution in [3.8, 4) is 0 Å². The van der Waals surface area contributed by atoms with Gasteiger partial charge in [0.15, 0.2) is 0 Å². The smallest absolute Gasteiger partial charge is 0.304 e. The summed E-state index contributed by atoms with van der Waals surface area (Å²) in [5.74, 6) is -0.777. The molecule has 1 amide bonds. The molecule has 0 aromatic carbocycles. The van der Waals surface area contributed by atoms with Gasteiger partial charge in [0.1, 0.15) is 0 Å². The molecule has 0 radical (unpaired) electrons. The topological polar surface area (TPSA) is 69.6 Å². The Labute approximate surface area is 76.7 Å². The van der Waals surface area contributed by atoms with Crippen molar-refractivity contribution in [3.63, 3.8) is 0 Å². The van der Waals surface area contributed by atoms with Crippen LogP contribution >= 0.6 is 0 Å². The first-order valence-electron chi connectivity index (χ1n) is 4.40. The van der Waals surface area contributed by atoms with Crippen LogP contribution in [-0.4, -0.2) is 48.1 Å². The SMILES string of the molecule is O=C(O)CCNCC(=O)N1CCC1. The van der Waals surface area contributed by atoms with Crippen LogP contribution in [0.3, 0.4) is 0 Å². The molecule has 0 spiro atoms. The molecule has 0 aliphatic carbocycles. The molecule has 0 saturated carbocycles. The van der Waals surface area contributed by atoms with Crippen LogP contribution < -0.4 is 5.32 Å². The predicted octanol–water partition coefficient (Wildman–Crippen LogP) is -0.717. The van der Waals surface area contributed by atoms with E-state index in [4.69, 9.17) is 5.11 Å². The number of aliphatic carboxylic acids is 1. The molecular weight excluding hydrogens is 172 g/mol. The van der Waals surface area contributed by atoms with Gasteiger partial charge in [-0.1, -0.05) is 0 Å². The Bertz CT molecular complexity index is 202. The van der Waals surface area contributed by atoms with E-state index in [9.17, 15) is 9.59 Å². The van der Waals surface area contributed by atoms with E-state index in [0.717, 1.165) is 19.5 Å². The minimum Gasteiger partial charge on any atom is -0.481 e. The van der Waals surface area contributed by atoms with Crippen LogP contribution in [0.2, 0.25) is 0 Å². The average molecular weight is 186 g/mol. The minimum atomic E-state index is -0.844. The molecule has 1 heterocycles. The fourth-order valence-electron chi connectivity index (χ4n) is 1.07. The lowest BCUT2D eigenvalue weighted by Gasteiger charge is -2.30. The Hall–Kier alpha value is -1.10. The lowest BCUT2D eigenvalue weighted by atomic mass is 10.2. The van der Waals surface area contributed by atoms with E-state index in [2.05, 4.69) is 5.32 Å². The fourth-order valence-corrected chi connectivity index (χ4v) is 1.07. The maximum absolute atomic E-state index is 11.2. The molecule has 74 valence electrons. The maximum atomic E-state index is 11.2. The Morgan fingerprint density at radius 1 is 1.38 bits per heavy atom. The Morgan fingerprint density at radius 2 is 2.08 bits per heavy atom. The quantitative estimate of drug-likeness (QED) is 0.556. The first kappa shape index (κ1) is 9.98. The van der Waals surface area contributed by atoms with E-state index >= 15 is 0 Å². The second-order valence-corrected chi connectivity index (χ2v) is 3.05. The second kappa shape index (κ2) is 4.81. The summed E-state index contributed by atoms with van der Waals surface area (Å²) in [5.41, 5.74) is 0. The van der Waals surface area contributed by atoms with Gasteiger partial charge in [0.25, 0.3) is 0 Å². The third-order valence-corrected chi connectivity index (χ3v) is 2.00. The van der Waals surface area contributed by atoms with Gasteiger partial charge in [0.05, 0.1) is 13.0 Å². The summed E-state index contributed by atoms with van der Waals surface area (Å²) in [5, 5.41) is 11.1. The Morgan fingerprint density at radius 3 is 2.54 bits per heavy atom. The van der Waals surface area contributed by atoms with E-state index < -0.39 is 5.97 Å². The Kier molecular flexibility index (Phi) is 3.70. The number of amides is 1. The highest BCUT2D eigenvalue weighted by Gasteiger charge is 2.18. The molecule has 1 aliphatic heterocycles. The minimum absolute atomic E-state index is 0.0628. The summed E-state index contributed by atoms with van der Waals surface area (Å²) in [6.07, 6.45) is 1.15. The van der Waals surface area contributed by atoms with Gasteiger partial charge in [-0.05, 0) is 6.42 Å². The number of hydrogen-bond donors (Lipinski definition) is 2. The number of carbonyl (C=O) groups is 2. The zero-order valence-corrected chi connectivity index (χ0v) is 7.45. The van der Waals surface area contributed by atoms with Crippen molar-refractivity contribution in [2.45, 2.75) is 12.8 Å². The molecule has 0 unspecified atom stereocenters. The number of hydrogen-bond acceptors (Lipinski definition) is 3. The molecule has 5 heteroatoms. The number of nitrogens with zero attached hydrogens (tertiary/aromatic N) is 1. The molecular formula is C8H14N2O3. The zero-order chi connectivity index (χ0) is 9.68. The molecule has 2 N–H and O–H groups in total. The normalized spacial score (nSPS) is 15.2. The lowest BCUT2D eigenvalue weighted by molar-refractivity contribution is -0.137. The molecule has 1 rings (SSSR count). The summed E-state index contributed by atoms with van der Waals surface area (Å²) in [7, 11) is 0. The molecule has 1 saturated heterocycles. The van der Waals surface area contributed by atoms with Gasteiger partial charge in [-0.3, -0.25) is 9.59 Å². The third-order valence-electron chi connectivity index (χ3n) is 2.00. The fraction of sp³-hybridized carbons (Fsp3) is 0.750. The van der Waals surface area contributed by atoms with Gasteiger partial charge in [0.2, 0.25) is 5.91 Å². The maximum Gasteiger partial charge on any atom is 0.304 e. The van der Waals surface area contributed by atoms with Crippen LogP contribution in [0.25, 0.3) is 0 Å². The van der Waals surface area contributed by atoms with Crippen LogP contribution in [0.1, 0.15) is 12.8 Å². The molecule has 0 aromatic rings. The standard InChI is InChI=1S/C8H14N2O3/c11-7(10-4-1-5-10)6-9-3-2-8(12)13/h9H,1-6H2,(H,12,13). The molecule has 1 aliphatic rings. The lowest BCUT2D eigenvalue weighted by Crippen LogP contribution is -2.46. The summed E-state index contributed by atoms with van der Waals surface area (Å²) >= 11 is 0. The highest BCUT2D eigenvalue weighted by Crippen LogP contribution is 2.04. The van der Waals surface area contributed by atoms with Crippen LogP contribution in [0, 0.1) is 0 Å². The highest BCUT2D eigenvalue weighted by molar-refractivity contribution is 5.79. The third kappa shape index (κ3) is 3.42. The van der Waals surface area contributed by atoms with E-state index in [1.165, 1.54) is 0 Å². The van der Waals surface area contributed by atoms with Gasteiger partial charge >= 0.3 is 5.97 Å². The largest absolute Gasteiger partial charge is 0.481 e. The van der Waals surface area contributed by atoms with Gasteiger partial charge < -0.3 is 15.3 Å². The van der Waals surface area contributed by atoms with Crippen molar-refractivity contribution in [2.75, 3.05) is 26.2 Å². The van der Waals surface area contributed by atoms with Crippen molar-refractivity contribution in [1.29, 1.82) is 0 Å². The van der Waals surface area contributed by atoms with E-state index in [0.29, 0.717) is 6.54 Å². The number of likely N-dealkylation sites (tertiary alicyclic amines) is 1. The van der Waals surface area contributed by atoms with Crippen LogP contribution in [0.5, 0.6) is 0 Å². The van der Waals surface area contributed by atoms with Crippen molar-refractivity contribution in [2.24, 2.45) is 0 Å². The average Bonchev–Trinajstić information content (AvgIpc) is 1.94. The summed E-state index contributed by atoms with van der Waals surface area (Å²) < 4.78 is 0. The predicted molar refractivity (Wildman–Crippen MR) is 46.3 cm³/mol. The molecule has 0 aromatic heterocycles. The van der Waals surface area contributed by atoms with Crippen LogP contribution in [-0.2, 0) is 9.59 Å². The molecule has 0 bridgehead atoms. The number of carboxylic acid groups (broad SMARTS) is 1. The summed E-state index contributed by atoms with van der Waals surface area (Å²) in [4.78, 5) is 23.1. The zero-order valence-electron chi connectivity index (χ0n) is 7.45. The van der Waals surface area contributed by atoms with Crippen molar-refractivity contribution < 1.29 is 14.7 Å². The van der Waals surface area contributed by atoms with Gasteiger partial charge in [0, 0.05) is 19.6 Å². The number of nitrogens with one attached hydrogen (secondary N) is 1. The van der Waals surface area contributed by atoms with Crippen molar-refractivity contribution in [1.82, 2.24) is 10.2 Å². The summed E-state index contributed by atoms with van der Waals surface area (Å²) in [6.45, 7) is 2.31. The van der Waals surface area contributed by atoms with E-state index in [1.807, 2.05) is 0 Å². The monoisotopic (exact) mass is 186 g/mol. The molecule has 0 atom stereocenters. The van der Waals surface area contributed by atoms with Gasteiger partial charge in [-0.15, -0.1) is 0 Å². The number of carbonyl (C=O) groups excluding carboxylic acids is 1. The number of carboxylic acids is 1. The Balaban J connectivity index is 1.98. The summed E-state index contributed by atoms with van der Waals surface area (Å²) in [6, 6.07) is 0. The van der Waals surface area contributed by atoms with Crippen molar-refractivity contribution >= 4 is 11.9 Å². The van der Waals surface area contributed by atoms with Crippen LogP contribution in [0.4, 0.5) is 0 Å². The van der Waals surface area contributed by atoms with E-state index in [-0.39, 0.29) is 18.9 Å². The molecule has 5 nitrogen and oxygen atoms in total. The second-order valence-electron chi connectivity index (χ2n) is 3.05. The first-order chi connectivity index (χ1) is 6.20. The van der Waals surface area contributed by atoms with Gasteiger partial charge in [-0.25, -0.2) is 0 Å².